The van der Waals surface area contributed by atoms with E-state index in [1.54, 1.807) is 0 Å². The van der Waals surface area contributed by atoms with Crippen LogP contribution in [-0.2, 0) is 11.2 Å². The first kappa shape index (κ1) is 26.3. The first-order valence-electron chi connectivity index (χ1n) is 14.5. The zero-order chi connectivity index (χ0) is 27.0. The summed E-state index contributed by atoms with van der Waals surface area (Å²) in [6.07, 6.45) is 4.29. The monoisotopic (exact) mass is 535 g/mol. The molecule has 0 aromatic heterocycles. The summed E-state index contributed by atoms with van der Waals surface area (Å²) in [5.74, 6) is 2.18. The highest BCUT2D eigenvalue weighted by molar-refractivity contribution is 5.80. The summed E-state index contributed by atoms with van der Waals surface area (Å²) < 4.78 is 17.6. The minimum Gasteiger partial charge on any atom is -0.487 e. The van der Waals surface area contributed by atoms with Crippen molar-refractivity contribution in [1.82, 2.24) is 10.2 Å². The molecule has 0 bridgehead atoms. The summed E-state index contributed by atoms with van der Waals surface area (Å²) in [5, 5.41) is 14.7. The van der Waals surface area contributed by atoms with Crippen LogP contribution in [0.1, 0.15) is 56.8 Å². The van der Waals surface area contributed by atoms with Gasteiger partial charge in [0, 0.05) is 31.4 Å². The minimum atomic E-state index is -0.843. The summed E-state index contributed by atoms with van der Waals surface area (Å²) in [4.78, 5) is 18.2. The van der Waals surface area contributed by atoms with E-state index in [1.165, 1.54) is 5.56 Å². The third-order valence-electron chi connectivity index (χ3n) is 8.63. The smallest absolute Gasteiger partial charge is 0.225 e. The Hall–Kier alpha value is -2.97. The number of likely N-dealkylation sites (tertiary alicyclic amines) is 1. The van der Waals surface area contributed by atoms with Gasteiger partial charge in [-0.15, -0.1) is 0 Å². The Kier molecular flexibility index (Phi) is 7.33. The predicted octanol–water partition coefficient (Wildman–Crippen LogP) is 3.70. The number of hydrogen-bond donors (Lipinski definition) is 2. The van der Waals surface area contributed by atoms with Crippen molar-refractivity contribution < 1.29 is 24.1 Å². The second kappa shape index (κ2) is 10.9. The number of rotatable bonds is 7. The van der Waals surface area contributed by atoms with E-state index in [0.717, 1.165) is 68.7 Å². The highest BCUT2D eigenvalue weighted by Crippen LogP contribution is 2.37. The zero-order valence-corrected chi connectivity index (χ0v) is 23.2. The molecule has 2 aromatic carbocycles. The van der Waals surface area contributed by atoms with Gasteiger partial charge in [0.25, 0.3) is 0 Å². The van der Waals surface area contributed by atoms with Crippen molar-refractivity contribution in [3.63, 3.8) is 0 Å². The molecule has 4 heterocycles. The van der Waals surface area contributed by atoms with Gasteiger partial charge in [0.15, 0.2) is 11.5 Å². The second-order valence-corrected chi connectivity index (χ2v) is 12.1. The van der Waals surface area contributed by atoms with Crippen molar-refractivity contribution in [3.05, 3.63) is 47.5 Å². The number of nitrogens with one attached hydrogen (secondary N) is 1. The van der Waals surface area contributed by atoms with Crippen molar-refractivity contribution in [2.75, 3.05) is 50.8 Å². The van der Waals surface area contributed by atoms with Crippen LogP contribution in [0.3, 0.4) is 0 Å². The number of carbonyl (C=O) groups excluding carboxylic acids is 1. The van der Waals surface area contributed by atoms with E-state index in [1.807, 2.05) is 18.2 Å². The van der Waals surface area contributed by atoms with Crippen LogP contribution in [0.2, 0.25) is 0 Å². The lowest BCUT2D eigenvalue weighted by Crippen LogP contribution is -2.48. The van der Waals surface area contributed by atoms with E-state index in [9.17, 15) is 9.90 Å². The molecule has 39 heavy (non-hydrogen) atoms. The molecule has 6 rings (SSSR count). The highest BCUT2D eigenvalue weighted by Gasteiger charge is 2.34. The molecule has 8 heteroatoms. The Balaban J connectivity index is 1.14. The standard InChI is InChI=1S/C31H41N3O5/c1-31(2)11-9-21-5-7-24(18-27(21)39-31)34-14-10-23(19-34)30(36)32-25(20-33-12-3-4-13-33)29(35)22-6-8-26-28(17-22)38-16-15-37-26/h5-8,17-18,23,25,29,35H,3-4,9-16,19-20H2,1-2H3,(H,32,36). The van der Waals surface area contributed by atoms with Gasteiger partial charge in [-0.1, -0.05) is 12.1 Å². The average Bonchev–Trinajstić information content (AvgIpc) is 3.64. The molecule has 3 unspecified atom stereocenters. The lowest BCUT2D eigenvalue weighted by atomic mass is 9.94. The molecule has 8 nitrogen and oxygen atoms in total. The SMILES string of the molecule is CC1(C)CCc2ccc(N3CCC(C(=O)NC(CN4CCCC4)C(O)c4ccc5c(c4)OCCO5)C3)cc2O1. The fraction of sp³-hybridized carbons (Fsp3) is 0.581. The van der Waals surface area contributed by atoms with Gasteiger partial charge < -0.3 is 34.4 Å². The van der Waals surface area contributed by atoms with E-state index < -0.39 is 12.1 Å². The first-order valence-corrected chi connectivity index (χ1v) is 14.5. The maximum Gasteiger partial charge on any atom is 0.225 e. The van der Waals surface area contributed by atoms with E-state index in [2.05, 4.69) is 47.2 Å². The number of aliphatic hydroxyl groups is 1. The van der Waals surface area contributed by atoms with Crippen LogP contribution in [0.4, 0.5) is 5.69 Å². The summed E-state index contributed by atoms with van der Waals surface area (Å²) in [5.41, 5.74) is 2.94. The Morgan fingerprint density at radius 2 is 1.85 bits per heavy atom. The molecule has 2 N–H and O–H groups in total. The highest BCUT2D eigenvalue weighted by atomic mass is 16.6. The molecular formula is C31H41N3O5. The molecule has 0 radical (unpaired) electrons. The van der Waals surface area contributed by atoms with Crippen LogP contribution in [0.5, 0.6) is 17.2 Å². The number of anilines is 1. The molecule has 2 fully saturated rings. The van der Waals surface area contributed by atoms with Crippen molar-refractivity contribution in [2.45, 2.75) is 63.7 Å². The number of benzene rings is 2. The van der Waals surface area contributed by atoms with E-state index in [-0.39, 0.29) is 17.4 Å². The van der Waals surface area contributed by atoms with E-state index >= 15 is 0 Å². The quantitative estimate of drug-likeness (QED) is 0.559. The first-order chi connectivity index (χ1) is 18.8. The lowest BCUT2D eigenvalue weighted by molar-refractivity contribution is -0.126. The molecule has 210 valence electrons. The van der Waals surface area contributed by atoms with Crippen LogP contribution >= 0.6 is 0 Å². The molecule has 2 saturated heterocycles. The molecule has 2 aromatic rings. The predicted molar refractivity (Wildman–Crippen MR) is 150 cm³/mol. The second-order valence-electron chi connectivity index (χ2n) is 12.1. The minimum absolute atomic E-state index is 0.00799. The van der Waals surface area contributed by atoms with Gasteiger partial charge >= 0.3 is 0 Å². The molecule has 4 aliphatic heterocycles. The van der Waals surface area contributed by atoms with Gasteiger partial charge in [-0.3, -0.25) is 4.79 Å². The largest absolute Gasteiger partial charge is 0.487 e. The maximum absolute atomic E-state index is 13.6. The maximum atomic E-state index is 13.6. The summed E-state index contributed by atoms with van der Waals surface area (Å²) in [6.45, 7) is 9.38. The van der Waals surface area contributed by atoms with Gasteiger partial charge in [0.1, 0.15) is 30.7 Å². The number of fused-ring (bicyclic) bond motifs is 2. The lowest BCUT2D eigenvalue weighted by Gasteiger charge is -2.33. The van der Waals surface area contributed by atoms with Crippen LogP contribution < -0.4 is 24.4 Å². The van der Waals surface area contributed by atoms with Crippen LogP contribution in [0.15, 0.2) is 36.4 Å². The number of aryl methyl sites for hydroxylation is 1. The van der Waals surface area contributed by atoms with Crippen molar-refractivity contribution >= 4 is 11.6 Å². The Labute approximate surface area is 231 Å². The van der Waals surface area contributed by atoms with Gasteiger partial charge in [0.05, 0.1) is 12.0 Å². The fourth-order valence-electron chi connectivity index (χ4n) is 6.28. The average molecular weight is 536 g/mol. The fourth-order valence-corrected chi connectivity index (χ4v) is 6.28. The molecule has 0 spiro atoms. The molecule has 4 aliphatic rings. The summed E-state index contributed by atoms with van der Waals surface area (Å²) in [6, 6.07) is 11.6. The van der Waals surface area contributed by atoms with Crippen LogP contribution in [-0.4, -0.2) is 73.5 Å². The van der Waals surface area contributed by atoms with Crippen molar-refractivity contribution in [2.24, 2.45) is 5.92 Å². The van der Waals surface area contributed by atoms with Crippen LogP contribution in [0, 0.1) is 5.92 Å². The van der Waals surface area contributed by atoms with E-state index in [0.29, 0.717) is 37.8 Å². The molecule has 0 aliphatic carbocycles. The summed E-state index contributed by atoms with van der Waals surface area (Å²) in [7, 11) is 0. The molecular weight excluding hydrogens is 494 g/mol. The molecule has 0 saturated carbocycles. The van der Waals surface area contributed by atoms with Crippen molar-refractivity contribution in [3.8, 4) is 17.2 Å². The van der Waals surface area contributed by atoms with Gasteiger partial charge in [-0.25, -0.2) is 0 Å². The molecule has 3 atom stereocenters. The van der Waals surface area contributed by atoms with Gasteiger partial charge in [-0.05, 0) is 88.4 Å². The Morgan fingerprint density at radius 3 is 2.67 bits per heavy atom. The Bertz CT molecular complexity index is 1190. The topological polar surface area (TPSA) is 83.5 Å². The number of nitrogens with zero attached hydrogens (tertiary/aromatic N) is 2. The molecule has 1 amide bonds. The number of carbonyl (C=O) groups is 1. The number of hydrogen-bond acceptors (Lipinski definition) is 7. The van der Waals surface area contributed by atoms with Crippen LogP contribution in [0.25, 0.3) is 0 Å². The normalized spacial score (nSPS) is 23.6. The third-order valence-corrected chi connectivity index (χ3v) is 8.63. The number of aliphatic hydroxyl groups excluding tert-OH is 1. The van der Waals surface area contributed by atoms with Gasteiger partial charge in [-0.2, -0.15) is 0 Å². The zero-order valence-electron chi connectivity index (χ0n) is 23.2. The number of amides is 1. The third kappa shape index (κ3) is 5.82. The van der Waals surface area contributed by atoms with E-state index in [4.69, 9.17) is 14.2 Å². The van der Waals surface area contributed by atoms with Gasteiger partial charge in [0.2, 0.25) is 5.91 Å². The number of ether oxygens (including phenoxy) is 3. The van der Waals surface area contributed by atoms with Crippen molar-refractivity contribution in [1.29, 1.82) is 0 Å². The summed E-state index contributed by atoms with van der Waals surface area (Å²) >= 11 is 0. The Morgan fingerprint density at radius 1 is 1.05 bits per heavy atom.